The molecule has 2 amide bonds. The van der Waals surface area contributed by atoms with Crippen molar-refractivity contribution in [3.63, 3.8) is 0 Å². The standard InChI is InChI=1S/C19H21N3O3/c1-3-12-25-17-7-5-4-6-15(17)13-20-22-19(24)18(23)21-16-10-8-14(2)9-11-16/h4-11,13H,3,12H2,1-2H3,(H,21,23)(H,22,24)/b20-13-. The molecule has 0 unspecified atom stereocenters. The minimum atomic E-state index is -0.844. The highest BCUT2D eigenvalue weighted by atomic mass is 16.5. The summed E-state index contributed by atoms with van der Waals surface area (Å²) in [5.41, 5.74) is 4.54. The smallest absolute Gasteiger partial charge is 0.329 e. The Bertz CT molecular complexity index is 755. The average Bonchev–Trinajstić information content (AvgIpc) is 2.62. The van der Waals surface area contributed by atoms with Crippen molar-refractivity contribution in [2.75, 3.05) is 11.9 Å². The molecule has 0 heterocycles. The van der Waals surface area contributed by atoms with Crippen molar-refractivity contribution in [2.24, 2.45) is 5.10 Å². The Balaban J connectivity index is 1.91. The van der Waals surface area contributed by atoms with Crippen molar-refractivity contribution >= 4 is 23.7 Å². The number of benzene rings is 2. The van der Waals surface area contributed by atoms with Crippen LogP contribution in [0.4, 0.5) is 5.69 Å². The Morgan fingerprint density at radius 1 is 1.08 bits per heavy atom. The fourth-order valence-electron chi connectivity index (χ4n) is 1.97. The van der Waals surface area contributed by atoms with E-state index < -0.39 is 11.8 Å². The highest BCUT2D eigenvalue weighted by Crippen LogP contribution is 2.15. The number of para-hydroxylation sites is 1. The van der Waals surface area contributed by atoms with E-state index in [-0.39, 0.29) is 0 Å². The zero-order chi connectivity index (χ0) is 18.1. The van der Waals surface area contributed by atoms with Crippen LogP contribution < -0.4 is 15.5 Å². The first-order valence-corrected chi connectivity index (χ1v) is 8.03. The number of ether oxygens (including phenoxy) is 1. The second-order valence-corrected chi connectivity index (χ2v) is 5.41. The summed E-state index contributed by atoms with van der Waals surface area (Å²) in [4.78, 5) is 23.6. The third kappa shape index (κ3) is 5.76. The maximum Gasteiger partial charge on any atom is 0.329 e. The number of aryl methyl sites for hydroxylation is 1. The third-order valence-corrected chi connectivity index (χ3v) is 3.27. The van der Waals surface area contributed by atoms with E-state index in [1.807, 2.05) is 50.2 Å². The summed E-state index contributed by atoms with van der Waals surface area (Å²) < 4.78 is 5.60. The molecule has 0 aliphatic heterocycles. The molecular weight excluding hydrogens is 318 g/mol. The molecule has 2 aromatic rings. The van der Waals surface area contributed by atoms with Gasteiger partial charge in [-0.1, -0.05) is 36.8 Å². The van der Waals surface area contributed by atoms with Gasteiger partial charge in [0, 0.05) is 11.3 Å². The van der Waals surface area contributed by atoms with Crippen LogP contribution in [0.25, 0.3) is 0 Å². The van der Waals surface area contributed by atoms with E-state index in [0.29, 0.717) is 18.0 Å². The fourth-order valence-corrected chi connectivity index (χ4v) is 1.97. The van der Waals surface area contributed by atoms with Gasteiger partial charge < -0.3 is 10.1 Å². The lowest BCUT2D eigenvalue weighted by molar-refractivity contribution is -0.136. The normalized spacial score (nSPS) is 10.5. The first kappa shape index (κ1) is 18.2. The molecule has 0 radical (unpaired) electrons. The van der Waals surface area contributed by atoms with Crippen LogP contribution >= 0.6 is 0 Å². The van der Waals surface area contributed by atoms with Gasteiger partial charge in [-0.25, -0.2) is 5.43 Å². The number of carbonyl (C=O) groups is 2. The molecule has 2 rings (SSSR count). The number of hydrazone groups is 1. The predicted molar refractivity (Wildman–Crippen MR) is 97.8 cm³/mol. The van der Waals surface area contributed by atoms with E-state index in [9.17, 15) is 9.59 Å². The second kappa shape index (κ2) is 9.22. The van der Waals surface area contributed by atoms with Crippen LogP contribution in [-0.4, -0.2) is 24.6 Å². The van der Waals surface area contributed by atoms with Gasteiger partial charge in [-0.05, 0) is 37.6 Å². The van der Waals surface area contributed by atoms with Crippen LogP contribution in [-0.2, 0) is 9.59 Å². The Hall–Kier alpha value is -3.15. The lowest BCUT2D eigenvalue weighted by Crippen LogP contribution is -2.32. The molecule has 0 aliphatic rings. The summed E-state index contributed by atoms with van der Waals surface area (Å²) in [5, 5.41) is 6.33. The molecule has 2 N–H and O–H groups in total. The molecule has 0 fully saturated rings. The number of carbonyl (C=O) groups excluding carboxylic acids is 2. The van der Waals surface area contributed by atoms with Gasteiger partial charge in [-0.2, -0.15) is 5.10 Å². The van der Waals surface area contributed by atoms with Gasteiger partial charge in [0.15, 0.2) is 0 Å². The molecule has 6 heteroatoms. The summed E-state index contributed by atoms with van der Waals surface area (Å²) in [6.45, 7) is 4.55. The molecule has 6 nitrogen and oxygen atoms in total. The van der Waals surface area contributed by atoms with E-state index in [1.54, 1.807) is 12.1 Å². The zero-order valence-corrected chi connectivity index (χ0v) is 14.3. The van der Waals surface area contributed by atoms with E-state index >= 15 is 0 Å². The quantitative estimate of drug-likeness (QED) is 0.482. The number of nitrogens with one attached hydrogen (secondary N) is 2. The maximum absolute atomic E-state index is 11.8. The molecule has 0 aliphatic carbocycles. The fraction of sp³-hybridized carbons (Fsp3) is 0.211. The second-order valence-electron chi connectivity index (χ2n) is 5.41. The highest BCUT2D eigenvalue weighted by molar-refractivity contribution is 6.39. The topological polar surface area (TPSA) is 79.8 Å². The van der Waals surface area contributed by atoms with Crippen molar-refractivity contribution in [2.45, 2.75) is 20.3 Å². The summed E-state index contributed by atoms with van der Waals surface area (Å²) >= 11 is 0. The molecule has 0 spiro atoms. The number of hydrogen-bond donors (Lipinski definition) is 2. The van der Waals surface area contributed by atoms with Crippen molar-refractivity contribution in [1.82, 2.24) is 5.43 Å². The summed E-state index contributed by atoms with van der Waals surface area (Å²) in [6.07, 6.45) is 2.34. The van der Waals surface area contributed by atoms with E-state index in [2.05, 4.69) is 15.8 Å². The SMILES string of the molecule is CCCOc1ccccc1/C=N\NC(=O)C(=O)Nc1ccc(C)cc1. The number of amides is 2. The average molecular weight is 339 g/mol. The maximum atomic E-state index is 11.8. The minimum Gasteiger partial charge on any atom is -0.493 e. The molecular formula is C19H21N3O3. The highest BCUT2D eigenvalue weighted by Gasteiger charge is 2.12. The molecule has 130 valence electrons. The van der Waals surface area contributed by atoms with Gasteiger partial charge in [0.05, 0.1) is 12.8 Å². The third-order valence-electron chi connectivity index (χ3n) is 3.27. The molecule has 0 atom stereocenters. The molecule has 0 saturated carbocycles. The van der Waals surface area contributed by atoms with Gasteiger partial charge in [-0.3, -0.25) is 9.59 Å². The molecule has 0 saturated heterocycles. The Morgan fingerprint density at radius 2 is 1.80 bits per heavy atom. The Kier molecular flexibility index (Phi) is 6.71. The van der Waals surface area contributed by atoms with Gasteiger partial charge in [0.2, 0.25) is 0 Å². The van der Waals surface area contributed by atoms with Crippen molar-refractivity contribution in [1.29, 1.82) is 0 Å². The summed E-state index contributed by atoms with van der Waals surface area (Å²) in [7, 11) is 0. The van der Waals surface area contributed by atoms with E-state index in [0.717, 1.165) is 17.5 Å². The van der Waals surface area contributed by atoms with Crippen LogP contribution in [0.3, 0.4) is 0 Å². The first-order chi connectivity index (χ1) is 12.1. The van der Waals surface area contributed by atoms with Crippen LogP contribution in [0.15, 0.2) is 53.6 Å². The van der Waals surface area contributed by atoms with Crippen molar-refractivity contribution in [3.8, 4) is 5.75 Å². The zero-order valence-electron chi connectivity index (χ0n) is 14.3. The minimum absolute atomic E-state index is 0.549. The lowest BCUT2D eigenvalue weighted by Gasteiger charge is -2.07. The number of hydrogen-bond acceptors (Lipinski definition) is 4. The van der Waals surface area contributed by atoms with Crippen molar-refractivity contribution < 1.29 is 14.3 Å². The predicted octanol–water partition coefficient (Wildman–Crippen LogP) is 2.87. The monoisotopic (exact) mass is 339 g/mol. The van der Waals surface area contributed by atoms with Gasteiger partial charge in [0.25, 0.3) is 0 Å². The van der Waals surface area contributed by atoms with Crippen LogP contribution in [0.5, 0.6) is 5.75 Å². The number of anilines is 1. The van der Waals surface area contributed by atoms with Crippen LogP contribution in [0.2, 0.25) is 0 Å². The van der Waals surface area contributed by atoms with Gasteiger partial charge in [0.1, 0.15) is 5.75 Å². The van der Waals surface area contributed by atoms with Crippen LogP contribution in [0, 0.1) is 6.92 Å². The first-order valence-electron chi connectivity index (χ1n) is 8.03. The van der Waals surface area contributed by atoms with Crippen molar-refractivity contribution in [3.05, 3.63) is 59.7 Å². The largest absolute Gasteiger partial charge is 0.493 e. The lowest BCUT2D eigenvalue weighted by atomic mass is 10.2. The van der Waals surface area contributed by atoms with Gasteiger partial charge in [-0.15, -0.1) is 0 Å². The Labute approximate surface area is 146 Å². The van der Waals surface area contributed by atoms with E-state index in [1.165, 1.54) is 6.21 Å². The molecule has 0 aromatic heterocycles. The molecule has 25 heavy (non-hydrogen) atoms. The van der Waals surface area contributed by atoms with E-state index in [4.69, 9.17) is 4.74 Å². The number of nitrogens with zero attached hydrogens (tertiary/aromatic N) is 1. The number of rotatable bonds is 6. The Morgan fingerprint density at radius 3 is 2.52 bits per heavy atom. The van der Waals surface area contributed by atoms with Crippen LogP contribution in [0.1, 0.15) is 24.5 Å². The molecule has 2 aromatic carbocycles. The molecule has 0 bridgehead atoms. The van der Waals surface area contributed by atoms with Gasteiger partial charge >= 0.3 is 11.8 Å². The summed E-state index contributed by atoms with van der Waals surface area (Å²) in [6, 6.07) is 14.5. The summed E-state index contributed by atoms with van der Waals surface area (Å²) in [5.74, 6) is -0.952.